The topological polar surface area (TPSA) is 111 Å². The number of aryl methyl sites for hydroxylation is 1. The number of nitrogens with zero attached hydrogens (tertiary/aromatic N) is 1. The van der Waals surface area contributed by atoms with E-state index in [0.29, 0.717) is 5.75 Å². The van der Waals surface area contributed by atoms with Crippen LogP contribution in [0.5, 0.6) is 5.75 Å². The first-order chi connectivity index (χ1) is 12.2. The van der Waals surface area contributed by atoms with Gasteiger partial charge in [0, 0.05) is 11.6 Å². The van der Waals surface area contributed by atoms with E-state index >= 15 is 0 Å². The second-order valence-electron chi connectivity index (χ2n) is 5.76. The summed E-state index contributed by atoms with van der Waals surface area (Å²) in [5, 5.41) is 14.5. The molecule has 26 heavy (non-hydrogen) atoms. The Morgan fingerprint density at radius 1 is 1.19 bits per heavy atom. The predicted octanol–water partition coefficient (Wildman–Crippen LogP) is 2.99. The SMILES string of the molecule is CNS(=O)(=O)c1ccc(N[C@@H](C)c2cc(C)ccc2OC)c([N+](=O)[O-])c1. The summed E-state index contributed by atoms with van der Waals surface area (Å²) in [7, 11) is -0.964. The van der Waals surface area contributed by atoms with E-state index in [2.05, 4.69) is 10.0 Å². The molecule has 0 aromatic heterocycles. The van der Waals surface area contributed by atoms with Gasteiger partial charge in [0.1, 0.15) is 11.4 Å². The van der Waals surface area contributed by atoms with Gasteiger partial charge in [0.05, 0.1) is 23.0 Å². The van der Waals surface area contributed by atoms with E-state index in [1.165, 1.54) is 19.2 Å². The minimum absolute atomic E-state index is 0.168. The Bertz CT molecular complexity index is 928. The highest BCUT2D eigenvalue weighted by atomic mass is 32.2. The molecule has 0 aliphatic rings. The van der Waals surface area contributed by atoms with E-state index in [-0.39, 0.29) is 22.3 Å². The maximum absolute atomic E-state index is 11.9. The van der Waals surface area contributed by atoms with Crippen LogP contribution in [0.4, 0.5) is 11.4 Å². The summed E-state index contributed by atoms with van der Waals surface area (Å²) in [4.78, 5) is 10.6. The number of ether oxygens (including phenoxy) is 1. The molecule has 0 radical (unpaired) electrons. The number of hydrogen-bond acceptors (Lipinski definition) is 6. The summed E-state index contributed by atoms with van der Waals surface area (Å²) in [6.45, 7) is 3.79. The van der Waals surface area contributed by atoms with Crippen LogP contribution in [-0.2, 0) is 10.0 Å². The normalized spacial score (nSPS) is 12.5. The lowest BCUT2D eigenvalue weighted by atomic mass is 10.0. The molecule has 0 heterocycles. The fraction of sp³-hybridized carbons (Fsp3) is 0.294. The molecule has 0 bridgehead atoms. The van der Waals surface area contributed by atoms with Gasteiger partial charge in [-0.15, -0.1) is 0 Å². The molecule has 2 N–H and O–H groups in total. The van der Waals surface area contributed by atoms with Gasteiger partial charge in [-0.25, -0.2) is 13.1 Å². The van der Waals surface area contributed by atoms with Crippen LogP contribution in [0.15, 0.2) is 41.3 Å². The molecule has 0 aliphatic heterocycles. The molecular weight excluding hydrogens is 358 g/mol. The summed E-state index contributed by atoms with van der Waals surface area (Å²) < 4.78 is 31.3. The maximum atomic E-state index is 11.9. The highest BCUT2D eigenvalue weighted by molar-refractivity contribution is 7.89. The molecule has 8 nitrogen and oxygen atoms in total. The summed E-state index contributed by atoms with van der Waals surface area (Å²) in [5.41, 5.74) is 1.77. The Morgan fingerprint density at radius 2 is 1.88 bits per heavy atom. The smallest absolute Gasteiger partial charge is 0.293 e. The van der Waals surface area contributed by atoms with Crippen LogP contribution in [0.2, 0.25) is 0 Å². The van der Waals surface area contributed by atoms with Gasteiger partial charge in [-0.3, -0.25) is 10.1 Å². The van der Waals surface area contributed by atoms with Gasteiger partial charge < -0.3 is 10.1 Å². The van der Waals surface area contributed by atoms with E-state index in [0.717, 1.165) is 17.2 Å². The summed E-state index contributed by atoms with van der Waals surface area (Å²) in [5.74, 6) is 0.660. The van der Waals surface area contributed by atoms with E-state index in [4.69, 9.17) is 4.74 Å². The Labute approximate surface area is 152 Å². The van der Waals surface area contributed by atoms with Crippen LogP contribution in [-0.4, -0.2) is 27.5 Å². The van der Waals surface area contributed by atoms with Crippen LogP contribution in [0.25, 0.3) is 0 Å². The van der Waals surface area contributed by atoms with E-state index in [9.17, 15) is 18.5 Å². The number of sulfonamides is 1. The summed E-state index contributed by atoms with van der Waals surface area (Å²) in [6, 6.07) is 9.13. The number of nitro benzene ring substituents is 1. The van der Waals surface area contributed by atoms with Crippen LogP contribution in [0.1, 0.15) is 24.1 Å². The molecule has 0 saturated carbocycles. The van der Waals surface area contributed by atoms with Crippen LogP contribution in [0, 0.1) is 17.0 Å². The molecule has 0 fully saturated rings. The maximum Gasteiger partial charge on any atom is 0.293 e. The zero-order valence-electron chi connectivity index (χ0n) is 14.9. The third-order valence-corrected chi connectivity index (χ3v) is 5.38. The number of hydrogen-bond donors (Lipinski definition) is 2. The third kappa shape index (κ3) is 4.12. The van der Waals surface area contributed by atoms with E-state index in [1.807, 2.05) is 32.0 Å². The zero-order valence-corrected chi connectivity index (χ0v) is 15.8. The molecule has 9 heteroatoms. The van der Waals surface area contributed by atoms with Crippen LogP contribution >= 0.6 is 0 Å². The molecule has 2 aromatic rings. The monoisotopic (exact) mass is 379 g/mol. The van der Waals surface area contributed by atoms with Crippen molar-refractivity contribution in [2.45, 2.75) is 24.8 Å². The highest BCUT2D eigenvalue weighted by Crippen LogP contribution is 2.33. The fourth-order valence-electron chi connectivity index (χ4n) is 2.57. The Balaban J connectivity index is 2.43. The number of rotatable bonds is 7. The quantitative estimate of drug-likeness (QED) is 0.565. The average molecular weight is 379 g/mol. The molecule has 0 spiro atoms. The minimum atomic E-state index is -3.77. The summed E-state index contributed by atoms with van der Waals surface area (Å²) in [6.07, 6.45) is 0. The fourth-order valence-corrected chi connectivity index (χ4v) is 3.32. The molecular formula is C17H21N3O5S. The number of nitrogens with one attached hydrogen (secondary N) is 2. The number of nitro groups is 1. The lowest BCUT2D eigenvalue weighted by molar-refractivity contribution is -0.384. The molecule has 2 aromatic carbocycles. The zero-order chi connectivity index (χ0) is 19.5. The molecule has 2 rings (SSSR count). The lowest BCUT2D eigenvalue weighted by Gasteiger charge is -2.19. The molecule has 0 saturated heterocycles. The average Bonchev–Trinajstić information content (AvgIpc) is 2.61. The van der Waals surface area contributed by atoms with Gasteiger partial charge in [0.15, 0.2) is 0 Å². The first-order valence-electron chi connectivity index (χ1n) is 7.82. The van der Waals surface area contributed by atoms with Gasteiger partial charge in [-0.1, -0.05) is 17.7 Å². The van der Waals surface area contributed by atoms with Crippen LogP contribution in [0.3, 0.4) is 0 Å². The molecule has 140 valence electrons. The molecule has 0 aliphatic carbocycles. The Morgan fingerprint density at radius 3 is 2.46 bits per heavy atom. The highest BCUT2D eigenvalue weighted by Gasteiger charge is 2.22. The van der Waals surface area contributed by atoms with Gasteiger partial charge in [0.25, 0.3) is 5.69 Å². The van der Waals surface area contributed by atoms with Crippen LogP contribution < -0.4 is 14.8 Å². The number of methoxy groups -OCH3 is 1. The number of benzene rings is 2. The Kier molecular flexibility index (Phi) is 5.83. The van der Waals surface area contributed by atoms with Crippen molar-refractivity contribution in [1.29, 1.82) is 0 Å². The predicted molar refractivity (Wildman–Crippen MR) is 99.1 cm³/mol. The number of anilines is 1. The van der Waals surface area contributed by atoms with Crippen molar-refractivity contribution < 1.29 is 18.1 Å². The van der Waals surface area contributed by atoms with Crippen molar-refractivity contribution in [1.82, 2.24) is 4.72 Å². The first-order valence-corrected chi connectivity index (χ1v) is 9.31. The first kappa shape index (κ1) is 19.7. The van der Waals surface area contributed by atoms with Gasteiger partial charge in [0.2, 0.25) is 10.0 Å². The van der Waals surface area contributed by atoms with Gasteiger partial charge in [-0.2, -0.15) is 0 Å². The largest absolute Gasteiger partial charge is 0.496 e. The molecule has 0 amide bonds. The molecule has 0 unspecified atom stereocenters. The molecule has 1 atom stereocenters. The second kappa shape index (κ2) is 7.71. The summed E-state index contributed by atoms with van der Waals surface area (Å²) >= 11 is 0. The van der Waals surface area contributed by atoms with Crippen molar-refractivity contribution in [3.05, 3.63) is 57.6 Å². The second-order valence-corrected chi connectivity index (χ2v) is 7.64. The van der Waals surface area contributed by atoms with Crippen molar-refractivity contribution in [3.63, 3.8) is 0 Å². The van der Waals surface area contributed by atoms with Crippen molar-refractivity contribution in [2.24, 2.45) is 0 Å². The third-order valence-electron chi connectivity index (χ3n) is 3.97. The lowest BCUT2D eigenvalue weighted by Crippen LogP contribution is -2.19. The minimum Gasteiger partial charge on any atom is -0.496 e. The van der Waals surface area contributed by atoms with Crippen molar-refractivity contribution in [3.8, 4) is 5.75 Å². The van der Waals surface area contributed by atoms with Crippen molar-refractivity contribution in [2.75, 3.05) is 19.5 Å². The van der Waals surface area contributed by atoms with E-state index < -0.39 is 14.9 Å². The Hall–Kier alpha value is -2.65. The van der Waals surface area contributed by atoms with Gasteiger partial charge >= 0.3 is 0 Å². The van der Waals surface area contributed by atoms with Gasteiger partial charge in [-0.05, 0) is 39.1 Å². The standard InChI is InChI=1S/C17H21N3O5S/c1-11-5-8-17(25-4)14(9-11)12(2)19-15-7-6-13(26(23,24)18-3)10-16(15)20(21)22/h5-10,12,18-19H,1-4H3/t12-/m0/s1. The van der Waals surface area contributed by atoms with Crippen molar-refractivity contribution >= 4 is 21.4 Å². The van der Waals surface area contributed by atoms with E-state index in [1.54, 1.807) is 7.11 Å².